The zero-order valence-corrected chi connectivity index (χ0v) is 15.5. The Bertz CT molecular complexity index is 850. The summed E-state index contributed by atoms with van der Waals surface area (Å²) in [5.41, 5.74) is -0.290. The molecular weight excluding hydrogens is 350 g/mol. The Hall–Kier alpha value is -2.79. The molecule has 2 amide bonds. The van der Waals surface area contributed by atoms with Crippen LogP contribution in [0, 0.1) is 16.7 Å². The number of likely N-dealkylation sites (N-methyl/N-ethyl adjacent to an activating group) is 1. The molecule has 0 spiro atoms. The van der Waals surface area contributed by atoms with Gasteiger partial charge in [-0.25, -0.2) is 0 Å². The molecule has 0 aromatic heterocycles. The number of fused-ring (bicyclic) bond motifs is 2. The molecule has 3 aliphatic heterocycles. The normalized spacial score (nSPS) is 31.9. The summed E-state index contributed by atoms with van der Waals surface area (Å²) in [5, 5.41) is 10.1. The van der Waals surface area contributed by atoms with Gasteiger partial charge in [0.25, 0.3) is 0 Å². The minimum atomic E-state index is -1.02. The van der Waals surface area contributed by atoms with Crippen molar-refractivity contribution in [3.8, 4) is 17.6 Å². The highest BCUT2D eigenvalue weighted by Gasteiger charge is 2.60. The molecule has 3 heterocycles. The molecule has 8 nitrogen and oxygen atoms in total. The molecule has 142 valence electrons. The number of benzene rings is 1. The average molecular weight is 371 g/mol. The number of nitrogens with zero attached hydrogens (tertiary/aromatic N) is 3. The number of carbonyl (C=O) groups excluding carboxylic acids is 2. The third kappa shape index (κ3) is 2.38. The van der Waals surface area contributed by atoms with Gasteiger partial charge in [-0.05, 0) is 24.6 Å². The van der Waals surface area contributed by atoms with Crippen molar-refractivity contribution >= 4 is 11.8 Å². The fourth-order valence-corrected chi connectivity index (χ4v) is 4.39. The molecular formula is C19H21N3O5. The monoisotopic (exact) mass is 371 g/mol. The second-order valence-corrected chi connectivity index (χ2v) is 7.31. The second-order valence-electron chi connectivity index (χ2n) is 7.31. The summed E-state index contributed by atoms with van der Waals surface area (Å²) in [7, 11) is 3.14. The Morgan fingerprint density at radius 1 is 1.30 bits per heavy atom. The minimum absolute atomic E-state index is 0.119. The van der Waals surface area contributed by atoms with Crippen LogP contribution in [-0.2, 0) is 14.3 Å². The zero-order chi connectivity index (χ0) is 19.3. The SMILES string of the molecule is COCC1(C#N)CC2C(=O)N(C)C(C)C(=O)N2C1c1ccc2c(c1)OCO2. The third-order valence-electron chi connectivity index (χ3n) is 5.86. The van der Waals surface area contributed by atoms with E-state index < -0.39 is 23.5 Å². The minimum Gasteiger partial charge on any atom is -0.454 e. The van der Waals surface area contributed by atoms with Crippen LogP contribution < -0.4 is 9.47 Å². The molecule has 4 rings (SSSR count). The van der Waals surface area contributed by atoms with Crippen molar-refractivity contribution in [2.24, 2.45) is 5.41 Å². The maximum atomic E-state index is 13.1. The highest BCUT2D eigenvalue weighted by molar-refractivity contribution is 5.97. The largest absolute Gasteiger partial charge is 0.454 e. The standard InChI is InChI=1S/C19H21N3O5/c1-11-17(23)22-13(18(24)21(11)2)7-19(8-20,9-25-3)16(22)12-4-5-14-15(6-12)27-10-26-14/h4-6,11,13,16H,7,9-10H2,1-3H3. The number of rotatable bonds is 3. The number of nitriles is 1. The van der Waals surface area contributed by atoms with E-state index in [0.29, 0.717) is 11.5 Å². The summed E-state index contributed by atoms with van der Waals surface area (Å²) < 4.78 is 16.2. The van der Waals surface area contributed by atoms with Crippen LogP contribution >= 0.6 is 0 Å². The molecule has 0 N–H and O–H groups in total. The number of amides is 2. The number of piperazine rings is 1. The third-order valence-corrected chi connectivity index (χ3v) is 5.86. The molecule has 3 aliphatic rings. The van der Waals surface area contributed by atoms with E-state index >= 15 is 0 Å². The van der Waals surface area contributed by atoms with Crippen LogP contribution in [0.3, 0.4) is 0 Å². The number of carbonyl (C=O) groups is 2. The smallest absolute Gasteiger partial charge is 0.246 e. The van der Waals surface area contributed by atoms with E-state index in [0.717, 1.165) is 5.56 Å². The highest BCUT2D eigenvalue weighted by atomic mass is 16.7. The zero-order valence-electron chi connectivity index (χ0n) is 15.5. The first-order valence-electron chi connectivity index (χ1n) is 8.82. The number of ether oxygens (including phenoxy) is 3. The maximum absolute atomic E-state index is 13.1. The van der Waals surface area contributed by atoms with E-state index in [-0.39, 0.29) is 31.6 Å². The van der Waals surface area contributed by atoms with Crippen molar-refractivity contribution in [1.29, 1.82) is 5.26 Å². The average Bonchev–Trinajstić information content (AvgIpc) is 3.27. The van der Waals surface area contributed by atoms with Gasteiger partial charge in [0.2, 0.25) is 18.6 Å². The quantitative estimate of drug-likeness (QED) is 0.789. The lowest BCUT2D eigenvalue weighted by Gasteiger charge is -2.42. The van der Waals surface area contributed by atoms with Crippen LogP contribution in [-0.4, -0.2) is 61.3 Å². The maximum Gasteiger partial charge on any atom is 0.246 e. The molecule has 4 unspecified atom stereocenters. The first kappa shape index (κ1) is 17.6. The molecule has 4 atom stereocenters. The lowest BCUT2D eigenvalue weighted by atomic mass is 9.78. The molecule has 0 saturated carbocycles. The Labute approximate surface area is 157 Å². The van der Waals surface area contributed by atoms with Crippen LogP contribution in [0.15, 0.2) is 18.2 Å². The molecule has 27 heavy (non-hydrogen) atoms. The van der Waals surface area contributed by atoms with Gasteiger partial charge < -0.3 is 24.0 Å². The summed E-state index contributed by atoms with van der Waals surface area (Å²) >= 11 is 0. The van der Waals surface area contributed by atoms with Gasteiger partial charge in [-0.3, -0.25) is 9.59 Å². The topological polar surface area (TPSA) is 92.1 Å². The fraction of sp³-hybridized carbons (Fsp3) is 0.526. The van der Waals surface area contributed by atoms with E-state index in [9.17, 15) is 14.9 Å². The molecule has 0 bridgehead atoms. The van der Waals surface area contributed by atoms with Gasteiger partial charge in [-0.2, -0.15) is 5.26 Å². The molecule has 0 aliphatic carbocycles. The predicted octanol–water partition coefficient (Wildman–Crippen LogP) is 1.07. The van der Waals surface area contributed by atoms with E-state index in [4.69, 9.17) is 14.2 Å². The summed E-state index contributed by atoms with van der Waals surface area (Å²) in [6.07, 6.45) is 0.234. The Morgan fingerprint density at radius 2 is 2.04 bits per heavy atom. The predicted molar refractivity (Wildman–Crippen MR) is 92.7 cm³/mol. The van der Waals surface area contributed by atoms with Crippen molar-refractivity contribution in [3.05, 3.63) is 23.8 Å². The molecule has 0 radical (unpaired) electrons. The van der Waals surface area contributed by atoms with Crippen LogP contribution in [0.2, 0.25) is 0 Å². The van der Waals surface area contributed by atoms with E-state index in [1.54, 1.807) is 31.0 Å². The van der Waals surface area contributed by atoms with Crippen molar-refractivity contribution < 1.29 is 23.8 Å². The fourth-order valence-electron chi connectivity index (χ4n) is 4.39. The van der Waals surface area contributed by atoms with Gasteiger partial charge in [0.05, 0.1) is 18.7 Å². The van der Waals surface area contributed by atoms with Crippen LogP contribution in [0.25, 0.3) is 0 Å². The van der Waals surface area contributed by atoms with Crippen molar-refractivity contribution in [1.82, 2.24) is 9.80 Å². The van der Waals surface area contributed by atoms with E-state index in [2.05, 4.69) is 6.07 Å². The first-order valence-corrected chi connectivity index (χ1v) is 8.82. The Balaban J connectivity index is 1.85. The number of methoxy groups -OCH3 is 1. The highest BCUT2D eigenvalue weighted by Crippen LogP contribution is 2.53. The summed E-state index contributed by atoms with van der Waals surface area (Å²) in [5.74, 6) is 0.872. The Morgan fingerprint density at radius 3 is 2.74 bits per heavy atom. The Kier molecular flexibility index (Phi) is 4.00. The summed E-state index contributed by atoms with van der Waals surface area (Å²) in [6, 6.07) is 5.88. The van der Waals surface area contributed by atoms with Crippen molar-refractivity contribution in [2.45, 2.75) is 31.5 Å². The van der Waals surface area contributed by atoms with Crippen LogP contribution in [0.5, 0.6) is 11.5 Å². The summed E-state index contributed by atoms with van der Waals surface area (Å²) in [4.78, 5) is 29.0. The molecule has 2 fully saturated rings. The van der Waals surface area contributed by atoms with E-state index in [1.807, 2.05) is 6.07 Å². The van der Waals surface area contributed by atoms with Gasteiger partial charge in [0.1, 0.15) is 17.5 Å². The van der Waals surface area contributed by atoms with Gasteiger partial charge in [-0.15, -0.1) is 0 Å². The molecule has 8 heteroatoms. The number of hydrogen-bond donors (Lipinski definition) is 0. The van der Waals surface area contributed by atoms with Crippen molar-refractivity contribution in [3.63, 3.8) is 0 Å². The van der Waals surface area contributed by atoms with Gasteiger partial charge in [-0.1, -0.05) is 6.07 Å². The van der Waals surface area contributed by atoms with Crippen LogP contribution in [0.4, 0.5) is 0 Å². The number of hydrogen-bond acceptors (Lipinski definition) is 6. The van der Waals surface area contributed by atoms with Gasteiger partial charge >= 0.3 is 0 Å². The summed E-state index contributed by atoms with van der Waals surface area (Å²) in [6.45, 7) is 1.96. The van der Waals surface area contributed by atoms with Crippen molar-refractivity contribution in [2.75, 3.05) is 27.6 Å². The molecule has 1 aromatic carbocycles. The second kappa shape index (κ2) is 6.13. The van der Waals surface area contributed by atoms with Gasteiger partial charge in [0, 0.05) is 20.6 Å². The van der Waals surface area contributed by atoms with Gasteiger partial charge in [0.15, 0.2) is 11.5 Å². The van der Waals surface area contributed by atoms with E-state index in [1.165, 1.54) is 12.0 Å². The first-order chi connectivity index (χ1) is 12.9. The molecule has 1 aromatic rings. The van der Waals surface area contributed by atoms with Crippen LogP contribution in [0.1, 0.15) is 24.9 Å². The lowest BCUT2D eigenvalue weighted by Crippen LogP contribution is -2.60. The lowest BCUT2D eigenvalue weighted by molar-refractivity contribution is -0.159. The molecule has 2 saturated heterocycles.